The highest BCUT2D eigenvalue weighted by Crippen LogP contribution is 2.33. The molecule has 3 saturated heterocycles. The van der Waals surface area contributed by atoms with Crippen LogP contribution in [0.15, 0.2) is 40.4 Å². The fourth-order valence-electron chi connectivity index (χ4n) is 3.34. The summed E-state index contributed by atoms with van der Waals surface area (Å²) in [4.78, 5) is 2.52. The highest BCUT2D eigenvalue weighted by Gasteiger charge is 2.29. The summed E-state index contributed by atoms with van der Waals surface area (Å²) in [5.74, 6) is 1.59. The van der Waals surface area contributed by atoms with Gasteiger partial charge >= 0.3 is 0 Å². The van der Waals surface area contributed by atoms with E-state index in [2.05, 4.69) is 16.1 Å². The first-order valence-electron chi connectivity index (χ1n) is 7.53. The Hall–Kier alpha value is -2.07. The second-order valence-electron chi connectivity index (χ2n) is 6.01. The van der Waals surface area contributed by atoms with Gasteiger partial charge in [0, 0.05) is 23.9 Å². The molecule has 0 unspecified atom stereocenters. The average molecular weight is 281 g/mol. The number of nitrogen functional groups attached to an aromatic ring is 1. The maximum Gasteiger partial charge on any atom is 0.160 e. The number of nitrogens with zero attached hydrogens (tertiary/aromatic N) is 2. The van der Waals surface area contributed by atoms with Crippen LogP contribution < -0.4 is 5.73 Å². The van der Waals surface area contributed by atoms with E-state index in [0.717, 1.165) is 35.2 Å². The van der Waals surface area contributed by atoms with Gasteiger partial charge in [0.1, 0.15) is 5.69 Å². The van der Waals surface area contributed by atoms with Crippen LogP contribution in [0.1, 0.15) is 18.6 Å². The minimum atomic E-state index is 0.736. The molecule has 108 valence electrons. The van der Waals surface area contributed by atoms with Crippen LogP contribution in [0.3, 0.4) is 0 Å². The molecule has 4 heteroatoms. The maximum absolute atomic E-state index is 5.71. The monoisotopic (exact) mass is 281 g/mol. The van der Waals surface area contributed by atoms with Crippen molar-refractivity contribution < 1.29 is 4.52 Å². The number of aromatic nitrogens is 1. The molecule has 0 saturated carbocycles. The number of hydrogen-bond donors (Lipinski definition) is 1. The first-order valence-corrected chi connectivity index (χ1v) is 7.53. The summed E-state index contributed by atoms with van der Waals surface area (Å²) in [6.45, 7) is 3.58. The van der Waals surface area contributed by atoms with E-state index in [-0.39, 0.29) is 0 Å². The zero-order valence-corrected chi connectivity index (χ0v) is 12.0. The number of benzene rings is 1. The Morgan fingerprint density at radius 1 is 1.19 bits per heavy atom. The normalized spacial score (nSPS) is 26.4. The van der Waals surface area contributed by atoms with E-state index in [4.69, 9.17) is 10.3 Å². The van der Waals surface area contributed by atoms with Gasteiger partial charge in [0.25, 0.3) is 0 Å². The lowest BCUT2D eigenvalue weighted by Gasteiger charge is -2.40. The molecule has 2 N–H and O–H groups in total. The summed E-state index contributed by atoms with van der Waals surface area (Å²) in [5, 5.41) is 4.17. The van der Waals surface area contributed by atoms with E-state index in [9.17, 15) is 0 Å². The molecular formula is C17H19N3O. The lowest BCUT2D eigenvalue weighted by molar-refractivity contribution is 0.163. The summed E-state index contributed by atoms with van der Waals surface area (Å²) < 4.78 is 5.48. The van der Waals surface area contributed by atoms with Gasteiger partial charge in [-0.3, -0.25) is 4.90 Å². The van der Waals surface area contributed by atoms with Crippen molar-refractivity contribution in [3.63, 3.8) is 0 Å². The maximum atomic E-state index is 5.71. The van der Waals surface area contributed by atoms with Crippen molar-refractivity contribution in [1.82, 2.24) is 10.1 Å². The van der Waals surface area contributed by atoms with Crippen molar-refractivity contribution in [1.29, 1.82) is 0 Å². The van der Waals surface area contributed by atoms with Gasteiger partial charge in [0.15, 0.2) is 5.76 Å². The van der Waals surface area contributed by atoms with Crippen molar-refractivity contribution in [3.05, 3.63) is 41.7 Å². The van der Waals surface area contributed by atoms with Crippen molar-refractivity contribution in [3.8, 4) is 11.3 Å². The van der Waals surface area contributed by atoms with Gasteiger partial charge in [-0.2, -0.15) is 0 Å². The second-order valence-corrected chi connectivity index (χ2v) is 6.01. The molecule has 2 bridgehead atoms. The predicted molar refractivity (Wildman–Crippen MR) is 83.5 cm³/mol. The number of hydrogen-bond acceptors (Lipinski definition) is 4. The molecule has 0 spiro atoms. The summed E-state index contributed by atoms with van der Waals surface area (Å²) in [6, 6.07) is 9.72. The number of nitrogens with two attached hydrogens (primary N) is 1. The van der Waals surface area contributed by atoms with E-state index >= 15 is 0 Å². The highest BCUT2D eigenvalue weighted by molar-refractivity contribution is 5.64. The number of piperidine rings is 3. The van der Waals surface area contributed by atoms with Crippen LogP contribution in [0.5, 0.6) is 0 Å². The van der Waals surface area contributed by atoms with Crippen molar-refractivity contribution >= 4 is 11.8 Å². The van der Waals surface area contributed by atoms with Crippen molar-refractivity contribution in [2.45, 2.75) is 12.8 Å². The molecule has 5 rings (SSSR count). The Labute approximate surface area is 124 Å². The number of rotatable bonds is 2. The fraction of sp³-hybridized carbons (Fsp3) is 0.353. The Kier molecular flexibility index (Phi) is 3.04. The third-order valence-electron chi connectivity index (χ3n) is 4.58. The number of anilines is 1. The van der Waals surface area contributed by atoms with E-state index in [1.807, 2.05) is 30.3 Å². The summed E-state index contributed by atoms with van der Waals surface area (Å²) in [7, 11) is 0. The number of fused-ring (bicyclic) bond motifs is 3. The molecule has 0 amide bonds. The smallest absolute Gasteiger partial charge is 0.160 e. The van der Waals surface area contributed by atoms with Gasteiger partial charge in [-0.15, -0.1) is 0 Å². The Morgan fingerprint density at radius 3 is 2.62 bits per heavy atom. The van der Waals surface area contributed by atoms with Crippen LogP contribution in [-0.2, 0) is 0 Å². The molecule has 3 fully saturated rings. The molecule has 4 nitrogen and oxygen atoms in total. The van der Waals surface area contributed by atoms with Crippen LogP contribution in [-0.4, -0.2) is 29.7 Å². The average Bonchev–Trinajstić information content (AvgIpc) is 2.98. The van der Waals surface area contributed by atoms with Crippen LogP contribution in [0.4, 0.5) is 5.69 Å². The molecule has 0 aliphatic carbocycles. The molecule has 3 aliphatic heterocycles. The molecular weight excluding hydrogens is 262 g/mol. The SMILES string of the molecule is Nc1ccc(-c2cc(/C=C3/CN4CCC3CC4)on2)cc1. The molecule has 4 heterocycles. The zero-order chi connectivity index (χ0) is 14.2. The Bertz CT molecular complexity index is 664. The molecule has 21 heavy (non-hydrogen) atoms. The summed E-state index contributed by atoms with van der Waals surface area (Å²) in [6.07, 6.45) is 4.75. The molecule has 1 aromatic carbocycles. The van der Waals surface area contributed by atoms with Crippen molar-refractivity contribution in [2.75, 3.05) is 25.4 Å². The van der Waals surface area contributed by atoms with Crippen LogP contribution in [0, 0.1) is 5.92 Å². The summed E-state index contributed by atoms with van der Waals surface area (Å²) in [5.41, 5.74) is 9.86. The van der Waals surface area contributed by atoms with E-state index < -0.39 is 0 Å². The van der Waals surface area contributed by atoms with Crippen LogP contribution >= 0.6 is 0 Å². The first-order chi connectivity index (χ1) is 10.3. The van der Waals surface area contributed by atoms with E-state index in [0.29, 0.717) is 0 Å². The quantitative estimate of drug-likeness (QED) is 0.860. The first kappa shape index (κ1) is 12.7. The third-order valence-corrected chi connectivity index (χ3v) is 4.58. The van der Waals surface area contributed by atoms with Crippen molar-refractivity contribution in [2.24, 2.45) is 5.92 Å². The van der Waals surface area contributed by atoms with Gasteiger partial charge in [-0.05, 0) is 55.6 Å². The standard InChI is InChI=1S/C17H19N3O/c18-15-3-1-13(2-4-15)17-10-16(21-19-17)9-14-11-20-7-5-12(14)6-8-20/h1-4,9-10,12H,5-8,11,18H2/b14-9-. The van der Waals surface area contributed by atoms with Crippen LogP contribution in [0.25, 0.3) is 17.3 Å². The van der Waals surface area contributed by atoms with Gasteiger partial charge in [0.2, 0.25) is 0 Å². The van der Waals surface area contributed by atoms with Crippen LogP contribution in [0.2, 0.25) is 0 Å². The minimum Gasteiger partial charge on any atom is -0.399 e. The second kappa shape index (κ2) is 5.04. The topological polar surface area (TPSA) is 55.3 Å². The molecule has 0 radical (unpaired) electrons. The van der Waals surface area contributed by atoms with E-state index in [1.54, 1.807) is 0 Å². The third kappa shape index (κ3) is 2.47. The summed E-state index contributed by atoms with van der Waals surface area (Å²) >= 11 is 0. The predicted octanol–water partition coefficient (Wildman–Crippen LogP) is 3.03. The molecule has 2 aromatic rings. The zero-order valence-electron chi connectivity index (χ0n) is 12.0. The van der Waals surface area contributed by atoms with Gasteiger partial charge in [0.05, 0.1) is 0 Å². The minimum absolute atomic E-state index is 0.736. The van der Waals surface area contributed by atoms with Gasteiger partial charge < -0.3 is 10.3 Å². The molecule has 0 atom stereocenters. The fourth-order valence-corrected chi connectivity index (χ4v) is 3.34. The lowest BCUT2D eigenvalue weighted by Crippen LogP contribution is -2.42. The Balaban J connectivity index is 1.58. The largest absolute Gasteiger partial charge is 0.399 e. The highest BCUT2D eigenvalue weighted by atomic mass is 16.5. The Morgan fingerprint density at radius 2 is 1.95 bits per heavy atom. The van der Waals surface area contributed by atoms with Gasteiger partial charge in [-0.1, -0.05) is 17.3 Å². The lowest BCUT2D eigenvalue weighted by atomic mass is 9.83. The molecule has 1 aromatic heterocycles. The molecule has 3 aliphatic rings. The van der Waals surface area contributed by atoms with Gasteiger partial charge in [-0.25, -0.2) is 0 Å². The van der Waals surface area contributed by atoms with E-state index in [1.165, 1.54) is 31.5 Å².